The monoisotopic (exact) mass is 260 g/mol. The molecule has 2 rings (SSSR count). The number of ether oxygens (including phenoxy) is 1. The first-order valence-electron chi connectivity index (χ1n) is 5.58. The second kappa shape index (κ2) is 5.69. The maximum Gasteiger partial charge on any atom is 0.143 e. The molecule has 0 aliphatic heterocycles. The van der Waals surface area contributed by atoms with Crippen molar-refractivity contribution in [3.63, 3.8) is 0 Å². The first-order valence-corrected chi connectivity index (χ1v) is 6.80. The number of benzene rings is 2. The average Bonchev–Trinajstić information content (AvgIpc) is 2.41. The quantitative estimate of drug-likeness (QED) is 0.649. The zero-order chi connectivity index (χ0) is 13.0. The highest BCUT2D eigenvalue weighted by Crippen LogP contribution is 2.31. The predicted octanol–water partition coefficient (Wildman–Crippen LogP) is 3.74. The van der Waals surface area contributed by atoms with Gasteiger partial charge in [0.2, 0.25) is 0 Å². The molecule has 0 bridgehead atoms. The van der Waals surface area contributed by atoms with Gasteiger partial charge in [0.1, 0.15) is 5.75 Å². The van der Waals surface area contributed by atoms with Crippen LogP contribution in [0.1, 0.15) is 0 Å². The van der Waals surface area contributed by atoms with Gasteiger partial charge in [-0.2, -0.15) is 0 Å². The van der Waals surface area contributed by atoms with Gasteiger partial charge in [-0.05, 0) is 36.6 Å². The molecule has 0 fully saturated rings. The molecule has 3 nitrogen and oxygen atoms in total. The van der Waals surface area contributed by atoms with E-state index in [1.807, 2.05) is 30.3 Å². The van der Waals surface area contributed by atoms with E-state index in [0.717, 1.165) is 11.4 Å². The summed E-state index contributed by atoms with van der Waals surface area (Å²) in [4.78, 5) is 1.21. The molecule has 0 unspecified atom stereocenters. The van der Waals surface area contributed by atoms with Crippen LogP contribution in [0.15, 0.2) is 47.4 Å². The van der Waals surface area contributed by atoms with Crippen LogP contribution in [0.25, 0.3) is 0 Å². The van der Waals surface area contributed by atoms with Crippen LogP contribution in [0.5, 0.6) is 5.75 Å². The molecule has 0 aliphatic rings. The highest BCUT2D eigenvalue weighted by molar-refractivity contribution is 7.98. The molecular weight excluding hydrogens is 244 g/mol. The van der Waals surface area contributed by atoms with Crippen LogP contribution in [0, 0.1) is 0 Å². The van der Waals surface area contributed by atoms with Gasteiger partial charge in [-0.1, -0.05) is 12.1 Å². The molecule has 0 aliphatic carbocycles. The van der Waals surface area contributed by atoms with Crippen molar-refractivity contribution >= 4 is 28.8 Å². The van der Waals surface area contributed by atoms with Crippen LogP contribution in [-0.4, -0.2) is 13.4 Å². The van der Waals surface area contributed by atoms with Crippen LogP contribution in [0.2, 0.25) is 0 Å². The van der Waals surface area contributed by atoms with Gasteiger partial charge in [0, 0.05) is 10.6 Å². The Kier molecular flexibility index (Phi) is 3.99. The molecule has 2 aromatic rings. The van der Waals surface area contributed by atoms with Crippen molar-refractivity contribution in [2.24, 2.45) is 0 Å². The Morgan fingerprint density at radius 2 is 1.94 bits per heavy atom. The Morgan fingerprint density at radius 3 is 2.67 bits per heavy atom. The highest BCUT2D eigenvalue weighted by Gasteiger charge is 2.05. The third-order valence-corrected chi connectivity index (χ3v) is 3.36. The zero-order valence-corrected chi connectivity index (χ0v) is 11.3. The zero-order valence-electron chi connectivity index (χ0n) is 10.4. The molecule has 3 N–H and O–H groups in total. The van der Waals surface area contributed by atoms with E-state index in [0.29, 0.717) is 11.4 Å². The van der Waals surface area contributed by atoms with Crippen LogP contribution in [0.3, 0.4) is 0 Å². The summed E-state index contributed by atoms with van der Waals surface area (Å²) in [5, 5.41) is 3.30. The average molecular weight is 260 g/mol. The summed E-state index contributed by atoms with van der Waals surface area (Å²) in [5.74, 6) is 0.682. The molecule has 2 aromatic carbocycles. The number of hydrogen-bond donors (Lipinski definition) is 2. The number of hydrogen-bond acceptors (Lipinski definition) is 4. The molecule has 0 saturated heterocycles. The molecule has 0 atom stereocenters. The van der Waals surface area contributed by atoms with Crippen LogP contribution in [-0.2, 0) is 0 Å². The van der Waals surface area contributed by atoms with Crippen molar-refractivity contribution in [3.05, 3.63) is 42.5 Å². The standard InChI is InChI=1S/C14H16N2OS/c1-17-13-8-4-7-12(14(13)15)16-10-5-3-6-11(9-10)18-2/h3-9,16H,15H2,1-2H3. The number of para-hydroxylation sites is 1. The summed E-state index contributed by atoms with van der Waals surface area (Å²) in [7, 11) is 1.61. The van der Waals surface area contributed by atoms with Crippen LogP contribution < -0.4 is 15.8 Å². The molecule has 4 heteroatoms. The topological polar surface area (TPSA) is 47.3 Å². The van der Waals surface area contributed by atoms with Crippen LogP contribution in [0.4, 0.5) is 17.1 Å². The minimum absolute atomic E-state index is 0.620. The predicted molar refractivity (Wildman–Crippen MR) is 78.9 cm³/mol. The summed E-state index contributed by atoms with van der Waals surface area (Å²) < 4.78 is 5.20. The first kappa shape index (κ1) is 12.6. The summed E-state index contributed by atoms with van der Waals surface area (Å²) in [5.41, 5.74) is 8.51. The minimum atomic E-state index is 0.620. The smallest absolute Gasteiger partial charge is 0.143 e. The van der Waals surface area contributed by atoms with E-state index in [-0.39, 0.29) is 0 Å². The second-order valence-corrected chi connectivity index (χ2v) is 4.66. The highest BCUT2D eigenvalue weighted by atomic mass is 32.2. The Bertz CT molecular complexity index is 543. The van der Waals surface area contributed by atoms with Gasteiger partial charge in [-0.15, -0.1) is 11.8 Å². The van der Waals surface area contributed by atoms with E-state index >= 15 is 0 Å². The van der Waals surface area contributed by atoms with E-state index in [1.165, 1.54) is 4.90 Å². The number of methoxy groups -OCH3 is 1. The third-order valence-electron chi connectivity index (χ3n) is 2.63. The molecule has 0 aromatic heterocycles. The van der Waals surface area contributed by atoms with E-state index in [1.54, 1.807) is 18.9 Å². The van der Waals surface area contributed by atoms with Gasteiger partial charge >= 0.3 is 0 Å². The maximum absolute atomic E-state index is 6.02. The molecule has 0 heterocycles. The minimum Gasteiger partial charge on any atom is -0.495 e. The molecule has 18 heavy (non-hydrogen) atoms. The first-order chi connectivity index (χ1) is 8.74. The van der Waals surface area contributed by atoms with E-state index < -0.39 is 0 Å². The number of anilines is 3. The lowest BCUT2D eigenvalue weighted by Gasteiger charge is -2.12. The van der Waals surface area contributed by atoms with Crippen molar-refractivity contribution in [2.75, 3.05) is 24.4 Å². The molecule has 94 valence electrons. The summed E-state index contributed by atoms with van der Waals surface area (Å²) in [6.45, 7) is 0. The lowest BCUT2D eigenvalue weighted by atomic mass is 10.2. The van der Waals surface area contributed by atoms with Crippen molar-refractivity contribution in [1.29, 1.82) is 0 Å². The summed E-state index contributed by atoms with van der Waals surface area (Å²) in [6, 6.07) is 13.9. The number of thioether (sulfide) groups is 1. The Hall–Kier alpha value is -1.81. The normalized spacial score (nSPS) is 10.1. The summed E-state index contributed by atoms with van der Waals surface area (Å²) >= 11 is 1.71. The Balaban J connectivity index is 2.28. The number of nitrogen functional groups attached to an aromatic ring is 1. The SMILES string of the molecule is COc1cccc(Nc2cccc(SC)c2)c1N. The molecular formula is C14H16N2OS. The van der Waals surface area contributed by atoms with Gasteiger partial charge in [-0.3, -0.25) is 0 Å². The van der Waals surface area contributed by atoms with E-state index in [4.69, 9.17) is 10.5 Å². The molecule has 0 amide bonds. The van der Waals surface area contributed by atoms with Gasteiger partial charge in [0.25, 0.3) is 0 Å². The maximum atomic E-state index is 6.02. The van der Waals surface area contributed by atoms with Gasteiger partial charge in [-0.25, -0.2) is 0 Å². The summed E-state index contributed by atoms with van der Waals surface area (Å²) in [6.07, 6.45) is 2.05. The fraction of sp³-hybridized carbons (Fsp3) is 0.143. The Labute approximate surface area is 111 Å². The lowest BCUT2D eigenvalue weighted by Crippen LogP contribution is -1.98. The fourth-order valence-electron chi connectivity index (χ4n) is 1.69. The third kappa shape index (κ3) is 2.71. The van der Waals surface area contributed by atoms with Gasteiger partial charge in [0.15, 0.2) is 0 Å². The number of nitrogens with two attached hydrogens (primary N) is 1. The van der Waals surface area contributed by atoms with E-state index in [9.17, 15) is 0 Å². The number of nitrogens with one attached hydrogen (secondary N) is 1. The Morgan fingerprint density at radius 1 is 1.17 bits per heavy atom. The van der Waals surface area contributed by atoms with Crippen molar-refractivity contribution < 1.29 is 4.74 Å². The lowest BCUT2D eigenvalue weighted by molar-refractivity contribution is 0.417. The van der Waals surface area contributed by atoms with Crippen LogP contribution >= 0.6 is 11.8 Å². The van der Waals surface area contributed by atoms with Gasteiger partial charge < -0.3 is 15.8 Å². The molecule has 0 saturated carbocycles. The van der Waals surface area contributed by atoms with Crippen molar-refractivity contribution in [3.8, 4) is 5.75 Å². The second-order valence-electron chi connectivity index (χ2n) is 3.78. The fourth-order valence-corrected chi connectivity index (χ4v) is 2.15. The number of rotatable bonds is 4. The molecule has 0 spiro atoms. The largest absolute Gasteiger partial charge is 0.495 e. The van der Waals surface area contributed by atoms with Crippen molar-refractivity contribution in [2.45, 2.75) is 4.90 Å². The van der Waals surface area contributed by atoms with Crippen molar-refractivity contribution in [1.82, 2.24) is 0 Å². The van der Waals surface area contributed by atoms with Gasteiger partial charge in [0.05, 0.1) is 18.5 Å². The molecule has 0 radical (unpaired) electrons. The van der Waals surface area contributed by atoms with E-state index in [2.05, 4.69) is 23.7 Å².